The molecule has 3 aliphatic rings. The molecular formula is C11H20INS2. The third kappa shape index (κ3) is 2.63. The highest BCUT2D eigenvalue weighted by Crippen LogP contribution is 2.52. The van der Waals surface area contributed by atoms with Crippen LogP contribution >= 0.6 is 46.1 Å². The number of nitrogens with zero attached hydrogens (tertiary/aromatic N) is 1. The Morgan fingerprint density at radius 3 is 2.53 bits per heavy atom. The third-order valence-electron chi connectivity index (χ3n) is 3.62. The lowest BCUT2D eigenvalue weighted by Crippen LogP contribution is -2.56. The zero-order chi connectivity index (χ0) is 10.9. The average molecular weight is 357 g/mol. The second kappa shape index (κ2) is 5.36. The SMILES string of the molecule is CSC1(SC(C)CI)CN2CCC1CC2. The number of rotatable bonds is 4. The minimum absolute atomic E-state index is 0.515. The number of hydrogen-bond acceptors (Lipinski definition) is 3. The van der Waals surface area contributed by atoms with Gasteiger partial charge in [-0.2, -0.15) is 0 Å². The molecule has 0 radical (unpaired) electrons. The first-order chi connectivity index (χ1) is 7.20. The van der Waals surface area contributed by atoms with Crippen molar-refractivity contribution in [1.29, 1.82) is 0 Å². The van der Waals surface area contributed by atoms with E-state index in [-0.39, 0.29) is 0 Å². The van der Waals surface area contributed by atoms with Crippen LogP contribution in [0, 0.1) is 5.92 Å². The largest absolute Gasteiger partial charge is 0.301 e. The molecule has 0 amide bonds. The van der Waals surface area contributed by atoms with E-state index in [0.717, 1.165) is 11.2 Å². The van der Waals surface area contributed by atoms with E-state index >= 15 is 0 Å². The molecule has 15 heavy (non-hydrogen) atoms. The van der Waals surface area contributed by atoms with E-state index in [1.54, 1.807) is 0 Å². The van der Waals surface area contributed by atoms with Gasteiger partial charge in [0.05, 0.1) is 4.08 Å². The summed E-state index contributed by atoms with van der Waals surface area (Å²) in [5.41, 5.74) is 0. The maximum atomic E-state index is 2.67. The molecule has 0 spiro atoms. The van der Waals surface area contributed by atoms with E-state index in [9.17, 15) is 0 Å². The Balaban J connectivity index is 2.07. The number of hydrogen-bond donors (Lipinski definition) is 0. The van der Waals surface area contributed by atoms with Gasteiger partial charge in [0.25, 0.3) is 0 Å². The first-order valence-corrected chi connectivity index (χ1v) is 9.34. The van der Waals surface area contributed by atoms with Gasteiger partial charge in [-0.3, -0.25) is 0 Å². The maximum absolute atomic E-state index is 2.67. The average Bonchev–Trinajstić information content (AvgIpc) is 2.30. The van der Waals surface area contributed by atoms with Crippen LogP contribution in [0.15, 0.2) is 0 Å². The fourth-order valence-electron chi connectivity index (χ4n) is 2.76. The van der Waals surface area contributed by atoms with Crippen molar-refractivity contribution in [2.75, 3.05) is 30.3 Å². The van der Waals surface area contributed by atoms with Crippen molar-refractivity contribution in [2.24, 2.45) is 5.92 Å². The summed E-state index contributed by atoms with van der Waals surface area (Å²) < 4.78 is 1.79. The van der Waals surface area contributed by atoms with Gasteiger partial charge in [0.1, 0.15) is 0 Å². The van der Waals surface area contributed by atoms with E-state index in [0.29, 0.717) is 4.08 Å². The molecule has 0 aromatic rings. The van der Waals surface area contributed by atoms with Gasteiger partial charge in [0, 0.05) is 16.2 Å². The highest BCUT2D eigenvalue weighted by Gasteiger charge is 2.47. The van der Waals surface area contributed by atoms with Crippen LogP contribution in [0.3, 0.4) is 0 Å². The molecule has 3 heterocycles. The molecular weight excluding hydrogens is 337 g/mol. The Morgan fingerprint density at radius 2 is 2.13 bits per heavy atom. The standard InChI is InChI=1S/C11H20INS2/c1-9(7-12)15-11(14-2)8-13-5-3-10(11)4-6-13/h9-10H,3-8H2,1-2H3. The van der Waals surface area contributed by atoms with Crippen molar-refractivity contribution in [3.8, 4) is 0 Å². The summed E-state index contributed by atoms with van der Waals surface area (Å²) >= 11 is 6.88. The molecule has 4 heteroatoms. The Bertz CT molecular complexity index is 219. The van der Waals surface area contributed by atoms with Gasteiger partial charge in [-0.25, -0.2) is 0 Å². The predicted octanol–water partition coefficient (Wildman–Crippen LogP) is 3.33. The van der Waals surface area contributed by atoms with Crippen molar-refractivity contribution in [2.45, 2.75) is 29.1 Å². The lowest BCUT2D eigenvalue weighted by atomic mass is 9.87. The first kappa shape index (κ1) is 12.8. The number of thioether (sulfide) groups is 2. The molecule has 0 aliphatic carbocycles. The molecule has 0 aromatic heterocycles. The molecule has 2 atom stereocenters. The van der Waals surface area contributed by atoms with Crippen LogP contribution in [-0.2, 0) is 0 Å². The molecule has 3 rings (SSSR count). The summed E-state index contributed by atoms with van der Waals surface area (Å²) in [5, 5.41) is 0.804. The van der Waals surface area contributed by atoms with E-state index in [2.05, 4.69) is 64.2 Å². The Morgan fingerprint density at radius 1 is 1.47 bits per heavy atom. The molecule has 2 bridgehead atoms. The number of piperidine rings is 3. The summed E-state index contributed by atoms with van der Waals surface area (Å²) in [4.78, 5) is 2.67. The first-order valence-electron chi connectivity index (χ1n) is 5.71. The van der Waals surface area contributed by atoms with E-state index < -0.39 is 0 Å². The van der Waals surface area contributed by atoms with Gasteiger partial charge < -0.3 is 4.90 Å². The molecule has 0 saturated carbocycles. The Hall–Kier alpha value is 1.39. The second-order valence-corrected chi connectivity index (χ2v) is 8.69. The number of halogens is 1. The molecule has 1 nitrogen and oxygen atoms in total. The quantitative estimate of drug-likeness (QED) is 0.432. The van der Waals surface area contributed by atoms with Crippen LogP contribution < -0.4 is 0 Å². The molecule has 3 saturated heterocycles. The third-order valence-corrected chi connectivity index (χ3v) is 8.91. The Kier molecular flexibility index (Phi) is 4.58. The second-order valence-electron chi connectivity index (χ2n) is 4.65. The summed E-state index contributed by atoms with van der Waals surface area (Å²) in [6.45, 7) is 6.41. The topological polar surface area (TPSA) is 3.24 Å². The predicted molar refractivity (Wildman–Crippen MR) is 81.4 cm³/mol. The minimum atomic E-state index is 0.515. The van der Waals surface area contributed by atoms with Crippen LogP contribution in [0.25, 0.3) is 0 Å². The zero-order valence-corrected chi connectivity index (χ0v) is 13.3. The molecule has 3 fully saturated rings. The number of alkyl halides is 1. The summed E-state index contributed by atoms with van der Waals surface area (Å²) in [7, 11) is 0. The van der Waals surface area contributed by atoms with Gasteiger partial charge in [0.2, 0.25) is 0 Å². The van der Waals surface area contributed by atoms with Gasteiger partial charge >= 0.3 is 0 Å². The minimum Gasteiger partial charge on any atom is -0.301 e. The van der Waals surface area contributed by atoms with Gasteiger partial charge in [-0.05, 0) is 38.1 Å². The van der Waals surface area contributed by atoms with Gasteiger partial charge in [-0.15, -0.1) is 23.5 Å². The molecule has 2 unspecified atom stereocenters. The Labute approximate surface area is 116 Å². The van der Waals surface area contributed by atoms with E-state index in [1.165, 1.54) is 36.9 Å². The highest BCUT2D eigenvalue weighted by molar-refractivity contribution is 14.1. The lowest BCUT2D eigenvalue weighted by molar-refractivity contribution is 0.106. The van der Waals surface area contributed by atoms with Crippen LogP contribution in [0.2, 0.25) is 0 Å². The van der Waals surface area contributed by atoms with E-state index in [1.807, 2.05) is 0 Å². The summed E-state index contributed by atoms with van der Waals surface area (Å²) in [5.74, 6) is 0.966. The zero-order valence-electron chi connectivity index (χ0n) is 9.54. The van der Waals surface area contributed by atoms with Crippen LogP contribution in [-0.4, -0.2) is 44.5 Å². The van der Waals surface area contributed by atoms with Crippen molar-refractivity contribution in [3.05, 3.63) is 0 Å². The number of fused-ring (bicyclic) bond motifs is 3. The van der Waals surface area contributed by atoms with Crippen molar-refractivity contribution < 1.29 is 0 Å². The summed E-state index contributed by atoms with van der Waals surface area (Å²) in [6.07, 6.45) is 5.18. The van der Waals surface area contributed by atoms with Gasteiger partial charge in [-0.1, -0.05) is 29.5 Å². The van der Waals surface area contributed by atoms with Crippen LogP contribution in [0.4, 0.5) is 0 Å². The molecule has 0 N–H and O–H groups in total. The maximum Gasteiger partial charge on any atom is 0.0766 e. The highest BCUT2D eigenvalue weighted by atomic mass is 127. The lowest BCUT2D eigenvalue weighted by Gasteiger charge is -2.52. The van der Waals surface area contributed by atoms with E-state index in [4.69, 9.17) is 0 Å². The fourth-order valence-corrected chi connectivity index (χ4v) is 6.48. The van der Waals surface area contributed by atoms with Crippen LogP contribution in [0.5, 0.6) is 0 Å². The molecule has 0 aromatic carbocycles. The molecule has 3 aliphatic heterocycles. The van der Waals surface area contributed by atoms with Crippen LogP contribution in [0.1, 0.15) is 19.8 Å². The van der Waals surface area contributed by atoms with Crippen molar-refractivity contribution in [1.82, 2.24) is 4.90 Å². The molecule has 88 valence electrons. The monoisotopic (exact) mass is 357 g/mol. The summed E-state index contributed by atoms with van der Waals surface area (Å²) in [6, 6.07) is 0. The normalized spacial score (nSPS) is 41.8. The van der Waals surface area contributed by atoms with Gasteiger partial charge in [0.15, 0.2) is 0 Å². The fraction of sp³-hybridized carbons (Fsp3) is 1.00. The van der Waals surface area contributed by atoms with Crippen molar-refractivity contribution in [3.63, 3.8) is 0 Å². The van der Waals surface area contributed by atoms with Crippen molar-refractivity contribution >= 4 is 46.1 Å². The smallest absolute Gasteiger partial charge is 0.0766 e.